The van der Waals surface area contributed by atoms with Crippen LogP contribution in [0, 0.1) is 12.8 Å². The lowest BCUT2D eigenvalue weighted by Gasteiger charge is -2.41. The van der Waals surface area contributed by atoms with Crippen LogP contribution in [0.5, 0.6) is 0 Å². The zero-order valence-corrected chi connectivity index (χ0v) is 22.4. The monoisotopic (exact) mass is 521 g/mol. The molecule has 2 aliphatic rings. The molecule has 8 nitrogen and oxygen atoms in total. The Morgan fingerprint density at radius 2 is 1.41 bits per heavy atom. The Morgan fingerprint density at radius 3 is 2.00 bits per heavy atom. The first-order valence-electron chi connectivity index (χ1n) is 13.9. The van der Waals surface area contributed by atoms with Crippen LogP contribution in [0.1, 0.15) is 35.8 Å². The van der Waals surface area contributed by atoms with Gasteiger partial charge < -0.3 is 9.80 Å². The van der Waals surface area contributed by atoms with Gasteiger partial charge in [-0.3, -0.25) is 14.3 Å². The molecule has 4 aromatic rings. The number of anilines is 1. The first-order chi connectivity index (χ1) is 19.2. The fourth-order valence-electron chi connectivity index (χ4n) is 5.96. The van der Waals surface area contributed by atoms with Crippen LogP contribution < -0.4 is 4.90 Å². The second-order valence-corrected chi connectivity index (χ2v) is 10.4. The highest BCUT2D eigenvalue weighted by Gasteiger charge is 2.33. The van der Waals surface area contributed by atoms with E-state index in [1.54, 1.807) is 12.5 Å². The summed E-state index contributed by atoms with van der Waals surface area (Å²) in [5.41, 5.74) is 2.60. The van der Waals surface area contributed by atoms with Crippen molar-refractivity contribution in [1.29, 1.82) is 0 Å². The van der Waals surface area contributed by atoms with Crippen molar-refractivity contribution in [2.75, 3.05) is 44.2 Å². The third kappa shape index (κ3) is 5.43. The number of nitrogens with zero attached hydrogens (tertiary/aromatic N) is 7. The SMILES string of the molecule is Cc1nccn1-c1cc(N2CCC(C(=O)N3CCN(C(c4ccccc4)c4ccccc4)CC3)CC2)ncn1. The summed E-state index contributed by atoms with van der Waals surface area (Å²) < 4.78 is 1.96. The lowest BCUT2D eigenvalue weighted by atomic mass is 9.94. The summed E-state index contributed by atoms with van der Waals surface area (Å²) in [5.74, 6) is 2.99. The summed E-state index contributed by atoms with van der Waals surface area (Å²) in [7, 11) is 0. The normalized spacial score (nSPS) is 17.1. The molecular weight excluding hydrogens is 486 g/mol. The maximum atomic E-state index is 13.5. The molecule has 4 heterocycles. The molecule has 0 aliphatic carbocycles. The van der Waals surface area contributed by atoms with Gasteiger partial charge in [0.05, 0.1) is 6.04 Å². The standard InChI is InChI=1S/C31H35N7O/c1-24-32-14-17-38(24)29-22-28(33-23-34-29)35-15-12-27(13-16-35)31(39)37-20-18-36(19-21-37)30(25-8-4-2-5-9-25)26-10-6-3-7-11-26/h2-11,14,17,22-23,27,30H,12-13,15-16,18-21H2,1H3. The van der Waals surface area contributed by atoms with Crippen LogP contribution in [0.4, 0.5) is 5.82 Å². The van der Waals surface area contributed by atoms with Gasteiger partial charge in [-0.25, -0.2) is 15.0 Å². The molecule has 0 spiro atoms. The number of carbonyl (C=O) groups is 1. The Morgan fingerprint density at radius 1 is 0.795 bits per heavy atom. The maximum absolute atomic E-state index is 13.5. The molecule has 200 valence electrons. The molecule has 39 heavy (non-hydrogen) atoms. The molecule has 0 atom stereocenters. The fourth-order valence-corrected chi connectivity index (χ4v) is 5.96. The van der Waals surface area contributed by atoms with Crippen molar-refractivity contribution in [2.24, 2.45) is 5.92 Å². The van der Waals surface area contributed by atoms with Crippen molar-refractivity contribution in [3.8, 4) is 5.82 Å². The number of aromatic nitrogens is 4. The number of carbonyl (C=O) groups excluding carboxylic acids is 1. The van der Waals surface area contributed by atoms with E-state index >= 15 is 0 Å². The number of piperidine rings is 1. The number of hydrogen-bond donors (Lipinski definition) is 0. The first-order valence-corrected chi connectivity index (χ1v) is 13.9. The van der Waals surface area contributed by atoms with Crippen molar-refractivity contribution in [1.82, 2.24) is 29.3 Å². The van der Waals surface area contributed by atoms with Crippen LogP contribution in [0.15, 0.2) is 85.5 Å². The number of amides is 1. The van der Waals surface area contributed by atoms with Gasteiger partial charge in [0.15, 0.2) is 0 Å². The van der Waals surface area contributed by atoms with Crippen LogP contribution in [-0.4, -0.2) is 74.5 Å². The average molecular weight is 522 g/mol. The molecule has 6 rings (SSSR count). The minimum Gasteiger partial charge on any atom is -0.356 e. The minimum absolute atomic E-state index is 0.0732. The topological polar surface area (TPSA) is 70.4 Å². The molecule has 2 aromatic carbocycles. The average Bonchev–Trinajstić information content (AvgIpc) is 3.44. The zero-order valence-electron chi connectivity index (χ0n) is 22.4. The molecule has 0 N–H and O–H groups in total. The minimum atomic E-state index is 0.0732. The van der Waals surface area contributed by atoms with Crippen molar-refractivity contribution in [2.45, 2.75) is 25.8 Å². The van der Waals surface area contributed by atoms with Crippen LogP contribution in [0.25, 0.3) is 5.82 Å². The molecule has 2 saturated heterocycles. The highest BCUT2D eigenvalue weighted by molar-refractivity contribution is 5.79. The summed E-state index contributed by atoms with van der Waals surface area (Å²) >= 11 is 0. The van der Waals surface area contributed by atoms with Gasteiger partial charge >= 0.3 is 0 Å². The molecule has 2 aromatic heterocycles. The second kappa shape index (κ2) is 11.4. The predicted molar refractivity (Wildman–Crippen MR) is 152 cm³/mol. The Balaban J connectivity index is 1.06. The van der Waals surface area contributed by atoms with Crippen molar-refractivity contribution >= 4 is 11.7 Å². The van der Waals surface area contributed by atoms with E-state index in [0.29, 0.717) is 5.91 Å². The summed E-state index contributed by atoms with van der Waals surface area (Å²) in [5, 5.41) is 0. The quantitative estimate of drug-likeness (QED) is 0.380. The largest absolute Gasteiger partial charge is 0.356 e. The number of hydrogen-bond acceptors (Lipinski definition) is 6. The van der Waals surface area contributed by atoms with Gasteiger partial charge in [0.1, 0.15) is 23.8 Å². The lowest BCUT2D eigenvalue weighted by Crippen LogP contribution is -2.52. The number of benzene rings is 2. The van der Waals surface area contributed by atoms with Crippen molar-refractivity contribution in [3.05, 3.63) is 102 Å². The molecule has 1 amide bonds. The van der Waals surface area contributed by atoms with E-state index < -0.39 is 0 Å². The predicted octanol–water partition coefficient (Wildman–Crippen LogP) is 4.12. The summed E-state index contributed by atoms with van der Waals surface area (Å²) in [6.45, 7) is 6.89. The number of aryl methyl sites for hydroxylation is 1. The molecule has 0 saturated carbocycles. The van der Waals surface area contributed by atoms with E-state index in [-0.39, 0.29) is 12.0 Å². The molecule has 0 bridgehead atoms. The molecule has 0 radical (unpaired) electrons. The molecule has 0 unspecified atom stereocenters. The molecule has 8 heteroatoms. The summed E-state index contributed by atoms with van der Waals surface area (Å²) in [4.78, 5) is 33.6. The van der Waals surface area contributed by atoms with Gasteiger partial charge in [0.25, 0.3) is 0 Å². The van der Waals surface area contributed by atoms with Gasteiger partial charge in [-0.15, -0.1) is 0 Å². The van der Waals surface area contributed by atoms with E-state index in [2.05, 4.69) is 90.3 Å². The molecule has 2 aliphatic heterocycles. The highest BCUT2D eigenvalue weighted by Crippen LogP contribution is 2.30. The second-order valence-electron chi connectivity index (χ2n) is 10.4. The Kier molecular flexibility index (Phi) is 7.36. The number of rotatable bonds is 6. The van der Waals surface area contributed by atoms with E-state index in [4.69, 9.17) is 0 Å². The summed E-state index contributed by atoms with van der Waals surface area (Å²) in [6, 6.07) is 23.6. The molecule has 2 fully saturated rings. The van der Waals surface area contributed by atoms with Gasteiger partial charge in [0, 0.05) is 63.6 Å². The van der Waals surface area contributed by atoms with Crippen LogP contribution in [0.2, 0.25) is 0 Å². The van der Waals surface area contributed by atoms with E-state index in [1.165, 1.54) is 11.1 Å². The Labute approximate surface area is 229 Å². The number of imidazole rings is 1. The van der Waals surface area contributed by atoms with Crippen LogP contribution in [0.3, 0.4) is 0 Å². The van der Waals surface area contributed by atoms with Gasteiger partial charge in [-0.1, -0.05) is 60.7 Å². The van der Waals surface area contributed by atoms with Gasteiger partial charge in [-0.05, 0) is 30.9 Å². The first kappa shape index (κ1) is 25.2. The van der Waals surface area contributed by atoms with Crippen molar-refractivity contribution in [3.63, 3.8) is 0 Å². The van der Waals surface area contributed by atoms with Crippen LogP contribution >= 0.6 is 0 Å². The smallest absolute Gasteiger partial charge is 0.225 e. The zero-order chi connectivity index (χ0) is 26.6. The Hall–Kier alpha value is -4.04. The highest BCUT2D eigenvalue weighted by atomic mass is 16.2. The number of piperazine rings is 1. The maximum Gasteiger partial charge on any atom is 0.225 e. The van der Waals surface area contributed by atoms with Crippen molar-refractivity contribution < 1.29 is 4.79 Å². The lowest BCUT2D eigenvalue weighted by molar-refractivity contribution is -0.138. The van der Waals surface area contributed by atoms with E-state index in [9.17, 15) is 4.79 Å². The van der Waals surface area contributed by atoms with Gasteiger partial charge in [0.2, 0.25) is 5.91 Å². The van der Waals surface area contributed by atoms with Gasteiger partial charge in [-0.2, -0.15) is 0 Å². The molecular formula is C31H35N7O. The fraction of sp³-hybridized carbons (Fsp3) is 0.355. The Bertz CT molecular complexity index is 1330. The third-order valence-corrected chi connectivity index (χ3v) is 8.10. The van der Waals surface area contributed by atoms with E-state index in [0.717, 1.165) is 69.6 Å². The van der Waals surface area contributed by atoms with E-state index in [1.807, 2.05) is 23.8 Å². The summed E-state index contributed by atoms with van der Waals surface area (Å²) in [6.07, 6.45) is 6.99. The van der Waals surface area contributed by atoms with Crippen LogP contribution in [-0.2, 0) is 4.79 Å². The third-order valence-electron chi connectivity index (χ3n) is 8.10.